The maximum Gasteiger partial charge on any atom is 0.319 e. The minimum absolute atomic E-state index is 0.0152. The highest BCUT2D eigenvalue weighted by molar-refractivity contribution is 6.01. The van der Waals surface area contributed by atoms with E-state index in [1.165, 1.54) is 18.1 Å². The number of nitrogens with zero attached hydrogens (tertiary/aromatic N) is 1. The van der Waals surface area contributed by atoms with E-state index in [9.17, 15) is 14.4 Å². The molecule has 1 aromatic rings. The van der Waals surface area contributed by atoms with Crippen molar-refractivity contribution in [1.29, 1.82) is 0 Å². The summed E-state index contributed by atoms with van der Waals surface area (Å²) in [5.74, 6) is -1.55. The monoisotopic (exact) mass is 376 g/mol. The van der Waals surface area contributed by atoms with Gasteiger partial charge in [-0.3, -0.25) is 14.4 Å². The van der Waals surface area contributed by atoms with Crippen LogP contribution in [0.1, 0.15) is 16.8 Å². The SMILES string of the molecule is C=CC(=O)Nc1cccc(C(=O)N2C[C@@]3(F)CCOC[C@@]3(C(=O)OC)C2)c1. The van der Waals surface area contributed by atoms with E-state index in [-0.39, 0.29) is 38.3 Å². The summed E-state index contributed by atoms with van der Waals surface area (Å²) in [5.41, 5.74) is -2.73. The van der Waals surface area contributed by atoms with Gasteiger partial charge in [0.05, 0.1) is 20.3 Å². The summed E-state index contributed by atoms with van der Waals surface area (Å²) in [7, 11) is 1.20. The van der Waals surface area contributed by atoms with E-state index >= 15 is 4.39 Å². The van der Waals surface area contributed by atoms with Gasteiger partial charge >= 0.3 is 5.97 Å². The van der Waals surface area contributed by atoms with Gasteiger partial charge in [0.15, 0.2) is 5.67 Å². The van der Waals surface area contributed by atoms with E-state index < -0.39 is 28.9 Å². The molecule has 0 unspecified atom stereocenters. The molecule has 2 saturated heterocycles. The highest BCUT2D eigenvalue weighted by atomic mass is 19.1. The quantitative estimate of drug-likeness (QED) is 0.637. The number of fused-ring (bicyclic) bond motifs is 1. The maximum atomic E-state index is 15.6. The van der Waals surface area contributed by atoms with Crippen molar-refractivity contribution >= 4 is 23.5 Å². The zero-order chi connectivity index (χ0) is 19.7. The molecular formula is C19H21FN2O5. The van der Waals surface area contributed by atoms with Crippen LogP contribution < -0.4 is 5.32 Å². The van der Waals surface area contributed by atoms with E-state index in [1.807, 2.05) is 0 Å². The van der Waals surface area contributed by atoms with Crippen LogP contribution in [-0.2, 0) is 19.1 Å². The van der Waals surface area contributed by atoms with E-state index in [0.717, 1.165) is 6.08 Å². The number of benzene rings is 1. The Bertz CT molecular complexity index is 798. The van der Waals surface area contributed by atoms with Crippen LogP contribution in [0, 0.1) is 5.41 Å². The highest BCUT2D eigenvalue weighted by Gasteiger charge is 2.66. The number of alkyl halides is 1. The van der Waals surface area contributed by atoms with Crippen molar-refractivity contribution in [2.45, 2.75) is 12.1 Å². The molecule has 0 bridgehead atoms. The number of halogens is 1. The van der Waals surface area contributed by atoms with Crippen molar-refractivity contribution in [3.05, 3.63) is 42.5 Å². The number of carbonyl (C=O) groups is 3. The molecule has 0 spiro atoms. The summed E-state index contributed by atoms with van der Waals surface area (Å²) in [6, 6.07) is 6.31. The lowest BCUT2D eigenvalue weighted by Crippen LogP contribution is -2.56. The molecule has 2 aliphatic heterocycles. The van der Waals surface area contributed by atoms with Crippen molar-refractivity contribution in [1.82, 2.24) is 4.90 Å². The van der Waals surface area contributed by atoms with Crippen LogP contribution in [-0.4, -0.2) is 61.8 Å². The normalized spacial score (nSPS) is 26.8. The lowest BCUT2D eigenvalue weighted by atomic mass is 9.73. The molecule has 1 aromatic carbocycles. The van der Waals surface area contributed by atoms with E-state index in [0.29, 0.717) is 5.69 Å². The van der Waals surface area contributed by atoms with Crippen molar-refractivity contribution in [2.75, 3.05) is 38.7 Å². The molecular weight excluding hydrogens is 355 g/mol. The van der Waals surface area contributed by atoms with Crippen LogP contribution in [0.5, 0.6) is 0 Å². The van der Waals surface area contributed by atoms with Gasteiger partial charge in [-0.15, -0.1) is 0 Å². The third kappa shape index (κ3) is 3.21. The topological polar surface area (TPSA) is 84.9 Å². The van der Waals surface area contributed by atoms with Gasteiger partial charge in [0.2, 0.25) is 5.91 Å². The standard InChI is InChI=1S/C19H21FN2O5/c1-3-15(23)21-14-6-4-5-13(9-14)16(24)22-10-18(17(25)26-2)12-27-8-7-19(18,20)11-22/h3-6,9H,1,7-8,10-12H2,2H3,(H,21,23)/t18-,19+/m1/s1. The molecule has 0 aliphatic carbocycles. The zero-order valence-corrected chi connectivity index (χ0v) is 15.0. The second kappa shape index (κ2) is 7.11. The van der Waals surface area contributed by atoms with Crippen molar-refractivity contribution < 1.29 is 28.2 Å². The van der Waals surface area contributed by atoms with Gasteiger partial charge in [-0.1, -0.05) is 12.6 Å². The summed E-state index contributed by atoms with van der Waals surface area (Å²) in [5, 5.41) is 2.57. The first-order valence-electron chi connectivity index (χ1n) is 8.53. The van der Waals surface area contributed by atoms with Crippen molar-refractivity contribution in [3.8, 4) is 0 Å². The fraction of sp³-hybridized carbons (Fsp3) is 0.421. The number of carbonyl (C=O) groups excluding carboxylic acids is 3. The zero-order valence-electron chi connectivity index (χ0n) is 15.0. The van der Waals surface area contributed by atoms with E-state index in [4.69, 9.17) is 9.47 Å². The maximum absolute atomic E-state index is 15.6. The average molecular weight is 376 g/mol. The summed E-state index contributed by atoms with van der Waals surface area (Å²) in [6.45, 7) is 3.08. The number of ether oxygens (including phenoxy) is 2. The molecule has 1 N–H and O–H groups in total. The lowest BCUT2D eigenvalue weighted by Gasteiger charge is -2.39. The Balaban J connectivity index is 1.86. The smallest absolute Gasteiger partial charge is 0.319 e. The Labute approximate surface area is 156 Å². The molecule has 3 rings (SSSR count). The predicted octanol–water partition coefficient (Wildman–Crippen LogP) is 1.55. The molecule has 2 fully saturated rings. The predicted molar refractivity (Wildman–Crippen MR) is 94.9 cm³/mol. The molecule has 2 atom stereocenters. The van der Waals surface area contributed by atoms with Crippen LogP contribution >= 0.6 is 0 Å². The second-order valence-corrected chi connectivity index (χ2v) is 6.78. The molecule has 144 valence electrons. The van der Waals surface area contributed by atoms with E-state index in [1.54, 1.807) is 18.2 Å². The lowest BCUT2D eigenvalue weighted by molar-refractivity contribution is -0.175. The molecule has 8 heteroatoms. The fourth-order valence-electron chi connectivity index (χ4n) is 3.70. The Hall–Kier alpha value is -2.74. The Morgan fingerprint density at radius 3 is 2.85 bits per heavy atom. The number of methoxy groups -OCH3 is 1. The van der Waals surface area contributed by atoms with Crippen LogP contribution in [0.2, 0.25) is 0 Å². The number of hydrogen-bond acceptors (Lipinski definition) is 5. The van der Waals surface area contributed by atoms with Gasteiger partial charge < -0.3 is 19.7 Å². The number of esters is 1. The van der Waals surface area contributed by atoms with Crippen LogP contribution in [0.15, 0.2) is 36.9 Å². The second-order valence-electron chi connectivity index (χ2n) is 6.78. The molecule has 2 aliphatic rings. The molecule has 0 aromatic heterocycles. The van der Waals surface area contributed by atoms with Gasteiger partial charge in [-0.05, 0) is 24.3 Å². The van der Waals surface area contributed by atoms with Crippen molar-refractivity contribution in [3.63, 3.8) is 0 Å². The highest BCUT2D eigenvalue weighted by Crippen LogP contribution is 2.48. The molecule has 2 amide bonds. The van der Waals surface area contributed by atoms with Crippen LogP contribution in [0.25, 0.3) is 0 Å². The number of nitrogens with one attached hydrogen (secondary N) is 1. The first-order valence-corrected chi connectivity index (χ1v) is 8.53. The fourth-order valence-corrected chi connectivity index (χ4v) is 3.70. The Morgan fingerprint density at radius 2 is 2.15 bits per heavy atom. The third-order valence-corrected chi connectivity index (χ3v) is 5.18. The third-order valence-electron chi connectivity index (χ3n) is 5.18. The minimum atomic E-state index is -1.90. The average Bonchev–Trinajstić information content (AvgIpc) is 3.01. The molecule has 0 radical (unpaired) electrons. The van der Waals surface area contributed by atoms with E-state index in [2.05, 4.69) is 11.9 Å². The molecule has 0 saturated carbocycles. The molecule has 7 nitrogen and oxygen atoms in total. The van der Waals surface area contributed by atoms with Gasteiger partial charge in [0.25, 0.3) is 5.91 Å². The van der Waals surface area contributed by atoms with Gasteiger partial charge in [-0.2, -0.15) is 0 Å². The molecule has 27 heavy (non-hydrogen) atoms. The first kappa shape index (κ1) is 19.0. The van der Waals surface area contributed by atoms with Crippen LogP contribution in [0.3, 0.4) is 0 Å². The Kier molecular flexibility index (Phi) is 5.01. The summed E-state index contributed by atoms with van der Waals surface area (Å²) in [6.07, 6.45) is 1.13. The number of rotatable bonds is 4. The van der Waals surface area contributed by atoms with Gasteiger partial charge in [0, 0.05) is 30.8 Å². The Morgan fingerprint density at radius 1 is 1.37 bits per heavy atom. The van der Waals surface area contributed by atoms with Crippen molar-refractivity contribution in [2.24, 2.45) is 5.41 Å². The largest absolute Gasteiger partial charge is 0.468 e. The summed E-state index contributed by atoms with van der Waals surface area (Å²) >= 11 is 0. The van der Waals surface area contributed by atoms with Crippen LogP contribution in [0.4, 0.5) is 10.1 Å². The van der Waals surface area contributed by atoms with Gasteiger partial charge in [0.1, 0.15) is 5.41 Å². The summed E-state index contributed by atoms with van der Waals surface area (Å²) in [4.78, 5) is 38.0. The molecule has 2 heterocycles. The number of likely N-dealkylation sites (tertiary alicyclic amines) is 1. The number of anilines is 1. The minimum Gasteiger partial charge on any atom is -0.468 e. The van der Waals surface area contributed by atoms with Gasteiger partial charge in [-0.25, -0.2) is 4.39 Å². The number of hydrogen-bond donors (Lipinski definition) is 1. The first-order chi connectivity index (χ1) is 12.8. The number of amides is 2. The summed E-state index contributed by atoms with van der Waals surface area (Å²) < 4.78 is 25.8.